The molecule has 0 aliphatic carbocycles. The Morgan fingerprint density at radius 3 is 2.35 bits per heavy atom. The molecular formula is C40H36BrN5O4S. The summed E-state index contributed by atoms with van der Waals surface area (Å²) in [6, 6.07) is 40.8. The number of hydrogen-bond donors (Lipinski definition) is 2. The van der Waals surface area contributed by atoms with Crippen LogP contribution in [0.25, 0.3) is 10.4 Å². The zero-order valence-electron chi connectivity index (χ0n) is 27.7. The highest BCUT2D eigenvalue weighted by atomic mass is 79.9. The Hall–Kier alpha value is -5.06. The van der Waals surface area contributed by atoms with E-state index in [2.05, 4.69) is 49.5 Å². The van der Waals surface area contributed by atoms with Crippen molar-refractivity contribution in [3.63, 3.8) is 0 Å². The van der Waals surface area contributed by atoms with Gasteiger partial charge in [-0.05, 0) is 70.8 Å². The van der Waals surface area contributed by atoms with Crippen molar-refractivity contribution in [2.45, 2.75) is 47.4 Å². The Kier molecular flexibility index (Phi) is 12.1. The highest BCUT2D eigenvalue weighted by Crippen LogP contribution is 2.45. The number of carbonyl (C=O) groups is 1. The first-order valence-electron chi connectivity index (χ1n) is 16.5. The summed E-state index contributed by atoms with van der Waals surface area (Å²) in [5.74, 6) is 0.664. The predicted molar refractivity (Wildman–Crippen MR) is 203 cm³/mol. The predicted octanol–water partition coefficient (Wildman–Crippen LogP) is 8.99. The lowest BCUT2D eigenvalue weighted by Crippen LogP contribution is -2.50. The van der Waals surface area contributed by atoms with Crippen LogP contribution in [0.2, 0.25) is 0 Å². The standard InChI is InChI=1S/C40H36BrN5O4S/c41-35-17-8-7-16-34(35)37-40(25-29-11-4-5-12-30(29)27-44-46-42,45-38(50-37)28-19-21-32(22-20-28)49-24-10-23-47)39(48)43-26-31-13-6-9-18-36(31)51-33-14-2-1-3-15-33/h1-9,11-22,37,47H,10,23-27H2,(H,43,48)/t37-,40-/m1/s1. The fourth-order valence-corrected chi connectivity index (χ4v) is 7.38. The van der Waals surface area contributed by atoms with E-state index in [1.165, 1.54) is 0 Å². The number of nitrogens with zero attached hydrogens (tertiary/aromatic N) is 4. The maximum Gasteiger partial charge on any atom is 0.252 e. The molecule has 6 rings (SSSR count). The number of azide groups is 1. The van der Waals surface area contributed by atoms with E-state index in [1.54, 1.807) is 11.8 Å². The minimum absolute atomic E-state index is 0.0484. The van der Waals surface area contributed by atoms with E-state index in [9.17, 15) is 4.79 Å². The lowest BCUT2D eigenvalue weighted by atomic mass is 9.81. The molecule has 0 radical (unpaired) electrons. The molecule has 0 unspecified atom stereocenters. The average molecular weight is 763 g/mol. The van der Waals surface area contributed by atoms with Gasteiger partial charge in [-0.2, -0.15) is 0 Å². The Morgan fingerprint density at radius 2 is 1.61 bits per heavy atom. The number of ether oxygens (including phenoxy) is 2. The lowest BCUT2D eigenvalue weighted by molar-refractivity contribution is -0.129. The third-order valence-electron chi connectivity index (χ3n) is 8.48. The van der Waals surface area contributed by atoms with Gasteiger partial charge < -0.3 is 19.9 Å². The van der Waals surface area contributed by atoms with E-state index in [-0.39, 0.29) is 32.0 Å². The molecule has 0 saturated heterocycles. The Morgan fingerprint density at radius 1 is 0.922 bits per heavy atom. The molecule has 51 heavy (non-hydrogen) atoms. The summed E-state index contributed by atoms with van der Waals surface area (Å²) >= 11 is 5.36. The van der Waals surface area contributed by atoms with Crippen molar-refractivity contribution >= 4 is 39.5 Å². The van der Waals surface area contributed by atoms with Gasteiger partial charge in [0.2, 0.25) is 5.90 Å². The number of aliphatic hydroxyl groups excluding tert-OH is 1. The van der Waals surface area contributed by atoms with Gasteiger partial charge in [0.25, 0.3) is 5.91 Å². The van der Waals surface area contributed by atoms with Crippen LogP contribution in [0.15, 0.2) is 152 Å². The second-order valence-electron chi connectivity index (χ2n) is 11.9. The SMILES string of the molecule is [N-]=[N+]=NCc1ccccc1C[C@@]1(C(=O)NCc2ccccc2Sc2ccccc2)N=C(c2ccc(OCCCO)cc2)O[C@@H]1c1ccccc1Br. The van der Waals surface area contributed by atoms with Crippen LogP contribution in [0, 0.1) is 0 Å². The molecule has 0 aromatic heterocycles. The van der Waals surface area contributed by atoms with Gasteiger partial charge in [0.1, 0.15) is 5.75 Å². The van der Waals surface area contributed by atoms with Gasteiger partial charge in [-0.3, -0.25) is 4.79 Å². The molecule has 1 aliphatic heterocycles. The van der Waals surface area contributed by atoms with Crippen LogP contribution in [0.3, 0.4) is 0 Å². The fourth-order valence-electron chi connectivity index (χ4n) is 5.92. The van der Waals surface area contributed by atoms with Crippen LogP contribution >= 0.6 is 27.7 Å². The van der Waals surface area contributed by atoms with Gasteiger partial charge in [-0.15, -0.1) is 0 Å². The second kappa shape index (κ2) is 17.2. The van der Waals surface area contributed by atoms with Gasteiger partial charge in [0.05, 0.1) is 13.2 Å². The van der Waals surface area contributed by atoms with E-state index >= 15 is 0 Å². The number of aliphatic hydroxyl groups is 1. The van der Waals surface area contributed by atoms with Crippen LogP contribution in [0.5, 0.6) is 5.75 Å². The molecule has 9 nitrogen and oxygen atoms in total. The van der Waals surface area contributed by atoms with Crippen LogP contribution in [0.4, 0.5) is 0 Å². The molecule has 11 heteroatoms. The van der Waals surface area contributed by atoms with E-state index in [4.69, 9.17) is 25.1 Å². The van der Waals surface area contributed by atoms with Crippen LogP contribution in [-0.2, 0) is 29.0 Å². The summed E-state index contributed by atoms with van der Waals surface area (Å²) in [5.41, 5.74) is 11.7. The summed E-state index contributed by atoms with van der Waals surface area (Å²) in [6.07, 6.45) is -0.113. The average Bonchev–Trinajstić information content (AvgIpc) is 3.55. The lowest BCUT2D eigenvalue weighted by Gasteiger charge is -2.32. The van der Waals surface area contributed by atoms with Crippen molar-refractivity contribution < 1.29 is 19.4 Å². The quantitative estimate of drug-likeness (QED) is 0.0476. The second-order valence-corrected chi connectivity index (χ2v) is 13.8. The van der Waals surface area contributed by atoms with E-state index < -0.39 is 11.6 Å². The third-order valence-corrected chi connectivity index (χ3v) is 10.3. The largest absolute Gasteiger partial charge is 0.494 e. The first-order valence-corrected chi connectivity index (χ1v) is 18.1. The van der Waals surface area contributed by atoms with Gasteiger partial charge in [-0.25, -0.2) is 4.99 Å². The molecule has 0 spiro atoms. The van der Waals surface area contributed by atoms with Crippen molar-refractivity contribution in [1.29, 1.82) is 0 Å². The van der Waals surface area contributed by atoms with Gasteiger partial charge in [0.15, 0.2) is 11.6 Å². The number of amides is 1. The Bertz CT molecular complexity index is 2040. The smallest absolute Gasteiger partial charge is 0.252 e. The molecule has 2 N–H and O–H groups in total. The van der Waals surface area contributed by atoms with E-state index in [1.807, 2.05) is 109 Å². The Labute approximate surface area is 309 Å². The van der Waals surface area contributed by atoms with Gasteiger partial charge in [-0.1, -0.05) is 112 Å². The highest BCUT2D eigenvalue weighted by Gasteiger charge is 2.54. The molecular weight excluding hydrogens is 726 g/mol. The maximum absolute atomic E-state index is 15.0. The van der Waals surface area contributed by atoms with Crippen molar-refractivity contribution in [3.05, 3.63) is 170 Å². The van der Waals surface area contributed by atoms with Crippen LogP contribution in [-0.4, -0.2) is 35.7 Å². The van der Waals surface area contributed by atoms with Crippen LogP contribution in [0.1, 0.15) is 40.3 Å². The first-order chi connectivity index (χ1) is 25.0. The third kappa shape index (κ3) is 8.64. The number of hydrogen-bond acceptors (Lipinski definition) is 7. The normalized spacial score (nSPS) is 16.4. The van der Waals surface area contributed by atoms with Crippen molar-refractivity contribution in [2.24, 2.45) is 10.1 Å². The van der Waals surface area contributed by atoms with Crippen molar-refractivity contribution in [2.75, 3.05) is 13.2 Å². The zero-order valence-corrected chi connectivity index (χ0v) is 30.1. The molecule has 2 atom stereocenters. The Balaban J connectivity index is 1.41. The van der Waals surface area contributed by atoms with Gasteiger partial charge >= 0.3 is 0 Å². The molecule has 1 heterocycles. The maximum atomic E-state index is 15.0. The molecule has 5 aromatic carbocycles. The monoisotopic (exact) mass is 761 g/mol. The summed E-state index contributed by atoms with van der Waals surface area (Å²) in [7, 11) is 0. The zero-order chi connectivity index (χ0) is 35.5. The van der Waals surface area contributed by atoms with E-state index in [0.29, 0.717) is 30.2 Å². The number of benzene rings is 5. The summed E-state index contributed by atoms with van der Waals surface area (Å²) in [6.45, 7) is 0.837. The molecule has 258 valence electrons. The minimum Gasteiger partial charge on any atom is -0.494 e. The molecule has 1 amide bonds. The van der Waals surface area contributed by atoms with Crippen molar-refractivity contribution in [3.8, 4) is 5.75 Å². The molecule has 1 aliphatic rings. The molecule has 0 bridgehead atoms. The molecule has 0 fully saturated rings. The van der Waals surface area contributed by atoms with Crippen molar-refractivity contribution in [1.82, 2.24) is 5.32 Å². The van der Waals surface area contributed by atoms with E-state index in [0.717, 1.165) is 36.5 Å². The molecule has 0 saturated carbocycles. The summed E-state index contributed by atoms with van der Waals surface area (Å²) < 4.78 is 13.3. The summed E-state index contributed by atoms with van der Waals surface area (Å²) in [5, 5.41) is 16.2. The number of nitrogens with one attached hydrogen (secondary N) is 1. The minimum atomic E-state index is -1.45. The first kappa shape index (κ1) is 35.8. The fraction of sp³-hybridized carbons (Fsp3) is 0.200. The number of aliphatic imine (C=N–C) groups is 1. The molecule has 5 aromatic rings. The highest BCUT2D eigenvalue weighted by molar-refractivity contribution is 9.10. The summed E-state index contributed by atoms with van der Waals surface area (Å²) in [4.78, 5) is 25.3. The van der Waals surface area contributed by atoms with Gasteiger partial charge in [0, 0.05) is 56.3 Å². The number of halogens is 1. The topological polar surface area (TPSA) is 129 Å². The number of carbonyl (C=O) groups excluding carboxylic acids is 1. The van der Waals surface area contributed by atoms with Crippen LogP contribution < -0.4 is 10.1 Å². The number of rotatable bonds is 15.